The number of aliphatic hydroxyl groups is 1. The molecule has 6 atom stereocenters. The number of β-amino-alcohol motifs (C(OH)–C–C–N with tert-alkyl or cyclic N) is 1. The molecule has 2 aliphatic carbocycles. The fourth-order valence-electron chi connectivity index (χ4n) is 6.38. The highest BCUT2D eigenvalue weighted by Crippen LogP contribution is 2.52. The zero-order valence-corrected chi connectivity index (χ0v) is 25.6. The molecule has 2 saturated carbocycles. The Morgan fingerprint density at radius 1 is 1.10 bits per heavy atom. The lowest BCUT2D eigenvalue weighted by molar-refractivity contribution is -0.142. The van der Waals surface area contributed by atoms with E-state index < -0.39 is 48.2 Å². The number of carbonyl (C=O) groups excluding carboxylic acids is 3. The monoisotopic (exact) mass is 697 g/mol. The number of nitrogens with one attached hydrogen (secondary N) is 5. The molecule has 48 heavy (non-hydrogen) atoms. The predicted molar refractivity (Wildman–Crippen MR) is 158 cm³/mol. The predicted octanol–water partition coefficient (Wildman–Crippen LogP) is 2.40. The van der Waals surface area contributed by atoms with E-state index in [-0.39, 0.29) is 69.7 Å². The third-order valence-corrected chi connectivity index (χ3v) is 9.47. The van der Waals surface area contributed by atoms with Crippen molar-refractivity contribution in [2.75, 3.05) is 31.5 Å². The molecule has 6 N–H and O–H groups in total. The maximum atomic E-state index is 13.5. The number of piperidine rings is 1. The lowest BCUT2D eigenvalue weighted by Crippen LogP contribution is -2.49. The van der Waals surface area contributed by atoms with Gasteiger partial charge in [-0.3, -0.25) is 14.3 Å². The third kappa shape index (κ3) is 6.30. The van der Waals surface area contributed by atoms with Gasteiger partial charge >= 0.3 is 12.2 Å². The van der Waals surface area contributed by atoms with Crippen LogP contribution in [-0.4, -0.2) is 97.9 Å². The molecule has 7 rings (SSSR count). The first kappa shape index (κ1) is 32.3. The van der Waals surface area contributed by atoms with Crippen molar-refractivity contribution in [1.82, 2.24) is 40.6 Å². The van der Waals surface area contributed by atoms with Gasteiger partial charge in [-0.05, 0) is 18.2 Å². The Balaban J connectivity index is 0.920. The Morgan fingerprint density at radius 3 is 2.46 bits per heavy atom. The summed E-state index contributed by atoms with van der Waals surface area (Å²) in [6.45, 7) is 1.86. The van der Waals surface area contributed by atoms with Crippen LogP contribution in [0.25, 0.3) is 0 Å². The largest absolute Gasteiger partial charge is 0.435 e. The molecule has 19 heteroatoms. The molecule has 0 radical (unpaired) electrons. The number of alkyl halides is 5. The molecule has 3 aromatic rings. The van der Waals surface area contributed by atoms with Crippen LogP contribution in [0.2, 0.25) is 5.02 Å². The number of hydrogen-bond donors (Lipinski definition) is 6. The SMILES string of the molecule is O=C(Nc1ccc(C(=O)NC2[C@H]3CN(C(=O)N[C@H]4CNC[C@@H]4O)C[C@@H]23)c(Cl)c1)c1ncc(Cc2cn([C@@H]3CC3(F)F)nc2C(F)(F)F)[nH]1. The van der Waals surface area contributed by atoms with Gasteiger partial charge in [0.1, 0.15) is 6.04 Å². The number of H-pyrrole nitrogens is 1. The Hall–Kier alpha value is -4.29. The van der Waals surface area contributed by atoms with Crippen LogP contribution in [0.1, 0.15) is 50.4 Å². The molecule has 1 aromatic carbocycles. The van der Waals surface area contributed by atoms with Crippen molar-refractivity contribution in [3.8, 4) is 0 Å². The average Bonchev–Trinajstić information content (AvgIpc) is 3.49. The summed E-state index contributed by atoms with van der Waals surface area (Å²) in [5, 5.41) is 24.6. The summed E-state index contributed by atoms with van der Waals surface area (Å²) in [6.07, 6.45) is -4.40. The summed E-state index contributed by atoms with van der Waals surface area (Å²) in [7, 11) is 0. The van der Waals surface area contributed by atoms with E-state index in [4.69, 9.17) is 11.6 Å². The highest BCUT2D eigenvalue weighted by Gasteiger charge is 2.60. The van der Waals surface area contributed by atoms with Crippen molar-refractivity contribution in [3.63, 3.8) is 0 Å². The number of fused-ring (bicyclic) bond motifs is 1. The summed E-state index contributed by atoms with van der Waals surface area (Å²) in [5.74, 6) is -4.30. The lowest BCUT2D eigenvalue weighted by Gasteiger charge is -2.24. The summed E-state index contributed by atoms with van der Waals surface area (Å²) < 4.78 is 68.1. The summed E-state index contributed by atoms with van der Waals surface area (Å²) in [6, 6.07) is 2.09. The number of halogens is 6. The van der Waals surface area contributed by atoms with E-state index >= 15 is 0 Å². The average molecular weight is 698 g/mol. The molecule has 1 unspecified atom stereocenters. The fraction of sp³-hybridized carbons (Fsp3) is 0.483. The maximum absolute atomic E-state index is 13.5. The highest BCUT2D eigenvalue weighted by molar-refractivity contribution is 6.34. The van der Waals surface area contributed by atoms with E-state index in [9.17, 15) is 41.4 Å². The zero-order chi connectivity index (χ0) is 34.1. The summed E-state index contributed by atoms with van der Waals surface area (Å²) in [4.78, 5) is 46.5. The van der Waals surface area contributed by atoms with Crippen LogP contribution in [0.15, 0.2) is 30.6 Å². The fourth-order valence-corrected chi connectivity index (χ4v) is 6.64. The number of anilines is 1. The molecular formula is C29H29ClF5N9O4. The summed E-state index contributed by atoms with van der Waals surface area (Å²) in [5.41, 5.74) is -1.13. The van der Waals surface area contributed by atoms with Gasteiger partial charge < -0.3 is 36.3 Å². The number of imidazole rings is 1. The summed E-state index contributed by atoms with van der Waals surface area (Å²) >= 11 is 6.36. The first-order chi connectivity index (χ1) is 22.7. The van der Waals surface area contributed by atoms with Gasteiger partial charge in [-0.25, -0.2) is 18.6 Å². The van der Waals surface area contributed by atoms with Crippen molar-refractivity contribution in [2.24, 2.45) is 11.8 Å². The van der Waals surface area contributed by atoms with Gasteiger partial charge in [0.15, 0.2) is 11.5 Å². The van der Waals surface area contributed by atoms with Gasteiger partial charge in [-0.1, -0.05) is 11.6 Å². The number of hydrogen-bond acceptors (Lipinski definition) is 7. The van der Waals surface area contributed by atoms with Gasteiger partial charge in [-0.2, -0.15) is 18.3 Å². The van der Waals surface area contributed by atoms with E-state index in [0.717, 1.165) is 12.4 Å². The molecule has 4 amide bonds. The Morgan fingerprint density at radius 2 is 1.83 bits per heavy atom. The van der Waals surface area contributed by atoms with Gasteiger partial charge in [0.2, 0.25) is 0 Å². The normalized spacial score (nSPS) is 27.0. The number of nitrogens with zero attached hydrogens (tertiary/aromatic N) is 4. The van der Waals surface area contributed by atoms with Crippen LogP contribution >= 0.6 is 11.6 Å². The topological polar surface area (TPSA) is 169 Å². The smallest absolute Gasteiger partial charge is 0.390 e. The van der Waals surface area contributed by atoms with Crippen LogP contribution < -0.4 is 21.3 Å². The number of aliphatic hydroxyl groups excluding tert-OH is 1. The zero-order valence-electron chi connectivity index (χ0n) is 24.8. The lowest BCUT2D eigenvalue weighted by atomic mass is 10.1. The minimum absolute atomic E-state index is 0.0545. The molecule has 4 aliphatic rings. The van der Waals surface area contributed by atoms with Crippen molar-refractivity contribution in [2.45, 2.75) is 49.2 Å². The molecule has 0 spiro atoms. The first-order valence-electron chi connectivity index (χ1n) is 15.1. The number of amides is 4. The van der Waals surface area contributed by atoms with Crippen LogP contribution in [-0.2, 0) is 12.6 Å². The standard InChI is InChI=1S/C29H29ClF5N9O4/c30-18-4-13(1-2-15(18)25(46)41-22-16-10-43(11-17(16)22)27(48)40-19-7-36-8-20(19)45)39-26(47)24-37-6-14(38-24)3-12-9-44(21-5-28(21,31)32)42-23(12)29(33,34)35/h1-2,4,6,9,16-17,19-22,36,45H,3,5,7-8,10-11H2,(H,37,38)(H,39,47)(H,40,48)(H,41,46)/t16-,17+,19-,20-,21+,22?/m0/s1. The second kappa shape index (κ2) is 11.7. The van der Waals surface area contributed by atoms with Crippen molar-refractivity contribution in [1.29, 1.82) is 0 Å². The Labute approximate surface area is 273 Å². The van der Waals surface area contributed by atoms with Crippen LogP contribution in [0, 0.1) is 11.8 Å². The van der Waals surface area contributed by atoms with Crippen molar-refractivity contribution >= 4 is 35.1 Å². The van der Waals surface area contributed by atoms with E-state index in [2.05, 4.69) is 36.3 Å². The number of rotatable bonds is 8. The van der Waals surface area contributed by atoms with Crippen LogP contribution in [0.5, 0.6) is 0 Å². The van der Waals surface area contributed by atoms with Crippen molar-refractivity contribution < 1.29 is 41.4 Å². The quantitative estimate of drug-likeness (QED) is 0.197. The second-order valence-electron chi connectivity index (χ2n) is 12.6. The molecule has 2 saturated heterocycles. The van der Waals surface area contributed by atoms with Gasteiger partial charge in [0, 0.05) is 86.2 Å². The highest BCUT2D eigenvalue weighted by atomic mass is 35.5. The molecule has 13 nitrogen and oxygen atoms in total. The third-order valence-electron chi connectivity index (χ3n) is 9.15. The van der Waals surface area contributed by atoms with E-state index in [1.165, 1.54) is 18.2 Å². The van der Waals surface area contributed by atoms with Crippen molar-refractivity contribution in [3.05, 3.63) is 64.0 Å². The van der Waals surface area contributed by atoms with Crippen LogP contribution in [0.3, 0.4) is 0 Å². The number of urea groups is 1. The molecule has 2 aromatic heterocycles. The Kier molecular flexibility index (Phi) is 7.86. The molecule has 2 aliphatic heterocycles. The van der Waals surface area contributed by atoms with E-state index in [1.54, 1.807) is 4.90 Å². The number of likely N-dealkylation sites (tertiary alicyclic amines) is 1. The van der Waals surface area contributed by atoms with Crippen LogP contribution in [0.4, 0.5) is 32.4 Å². The minimum atomic E-state index is -4.87. The van der Waals surface area contributed by atoms with Gasteiger partial charge in [-0.15, -0.1) is 0 Å². The second-order valence-corrected chi connectivity index (χ2v) is 13.0. The molecule has 0 bridgehead atoms. The van der Waals surface area contributed by atoms with E-state index in [1.807, 2.05) is 0 Å². The molecule has 4 heterocycles. The first-order valence-corrected chi connectivity index (χ1v) is 15.5. The van der Waals surface area contributed by atoms with E-state index in [0.29, 0.717) is 30.9 Å². The number of carbonyl (C=O) groups is 3. The molecule has 256 valence electrons. The van der Waals surface area contributed by atoms with Gasteiger partial charge in [0.05, 0.1) is 22.7 Å². The minimum Gasteiger partial charge on any atom is -0.390 e. The maximum Gasteiger partial charge on any atom is 0.435 e. The number of aromatic nitrogens is 4. The van der Waals surface area contributed by atoms with Gasteiger partial charge in [0.25, 0.3) is 17.7 Å². The number of benzene rings is 1. The Bertz CT molecular complexity index is 1770. The molecular weight excluding hydrogens is 669 g/mol. The number of aromatic amines is 1. The molecule has 4 fully saturated rings.